The molecule has 2 saturated heterocycles. The molecule has 4 rings (SSSR count). The molecule has 2 aliphatic heterocycles. The van der Waals surface area contributed by atoms with Gasteiger partial charge in [0, 0.05) is 48.2 Å². The number of nitrogens with one attached hydrogen (secondary N) is 1. The first-order valence-electron chi connectivity index (χ1n) is 9.02. The molecule has 2 aromatic rings. The number of carbonyl (C=O) groups is 2. The number of piperazine rings is 1. The van der Waals surface area contributed by atoms with Crippen LogP contribution in [0.15, 0.2) is 22.6 Å². The molecule has 1 aromatic heterocycles. The summed E-state index contributed by atoms with van der Waals surface area (Å²) in [6.07, 6.45) is 1.82. The van der Waals surface area contributed by atoms with E-state index < -0.39 is 0 Å². The molecular formula is C19H22ClN3O3. The number of halogens is 1. The minimum absolute atomic E-state index is 0.0847. The van der Waals surface area contributed by atoms with Crippen LogP contribution in [0.2, 0.25) is 5.02 Å². The molecule has 138 valence electrons. The third-order valence-electron chi connectivity index (χ3n) is 5.34. The lowest BCUT2D eigenvalue weighted by molar-refractivity contribution is -0.135. The summed E-state index contributed by atoms with van der Waals surface area (Å²) in [5.74, 6) is 0.377. The van der Waals surface area contributed by atoms with E-state index in [2.05, 4.69) is 5.32 Å². The maximum absolute atomic E-state index is 13.1. The van der Waals surface area contributed by atoms with E-state index in [1.54, 1.807) is 12.1 Å². The number of hydrogen-bond acceptors (Lipinski definition) is 4. The van der Waals surface area contributed by atoms with E-state index in [9.17, 15) is 9.59 Å². The van der Waals surface area contributed by atoms with Gasteiger partial charge in [0.2, 0.25) is 5.91 Å². The number of piperidine rings is 1. The summed E-state index contributed by atoms with van der Waals surface area (Å²) in [7, 11) is 0. The van der Waals surface area contributed by atoms with E-state index in [-0.39, 0.29) is 17.9 Å². The summed E-state index contributed by atoms with van der Waals surface area (Å²) in [4.78, 5) is 29.0. The first-order valence-corrected chi connectivity index (χ1v) is 9.40. The molecule has 2 fully saturated rings. The van der Waals surface area contributed by atoms with Crippen molar-refractivity contribution in [3.8, 4) is 0 Å². The molecule has 26 heavy (non-hydrogen) atoms. The number of carbonyl (C=O) groups excluding carboxylic acids is 2. The van der Waals surface area contributed by atoms with Gasteiger partial charge in [-0.3, -0.25) is 9.59 Å². The van der Waals surface area contributed by atoms with Gasteiger partial charge in [0.05, 0.1) is 6.54 Å². The number of furan rings is 1. The van der Waals surface area contributed by atoms with Crippen LogP contribution >= 0.6 is 11.6 Å². The van der Waals surface area contributed by atoms with Crippen LogP contribution in [-0.4, -0.2) is 60.4 Å². The lowest BCUT2D eigenvalue weighted by atomic mass is 10.0. The van der Waals surface area contributed by atoms with Crippen molar-refractivity contribution in [3.05, 3.63) is 34.5 Å². The maximum atomic E-state index is 13.1. The van der Waals surface area contributed by atoms with Gasteiger partial charge < -0.3 is 19.5 Å². The average Bonchev–Trinajstić information content (AvgIpc) is 2.98. The summed E-state index contributed by atoms with van der Waals surface area (Å²) in [6.45, 7) is 5.02. The summed E-state index contributed by atoms with van der Waals surface area (Å²) in [5, 5.41) is 4.58. The second kappa shape index (κ2) is 6.93. The Hall–Kier alpha value is -2.05. The Labute approximate surface area is 157 Å². The number of fused-ring (bicyclic) bond motifs is 1. The molecule has 0 spiro atoms. The first-order chi connectivity index (χ1) is 12.5. The van der Waals surface area contributed by atoms with E-state index in [0.29, 0.717) is 42.5 Å². The minimum Gasteiger partial charge on any atom is -0.451 e. The highest BCUT2D eigenvalue weighted by Crippen LogP contribution is 2.29. The number of amides is 2. The molecule has 7 heteroatoms. The van der Waals surface area contributed by atoms with E-state index >= 15 is 0 Å². The van der Waals surface area contributed by atoms with Gasteiger partial charge in [-0.2, -0.15) is 0 Å². The zero-order valence-electron chi connectivity index (χ0n) is 14.8. The molecule has 2 amide bonds. The molecule has 0 aliphatic carbocycles. The number of hydrogen-bond donors (Lipinski definition) is 1. The summed E-state index contributed by atoms with van der Waals surface area (Å²) < 4.78 is 5.83. The maximum Gasteiger partial charge on any atom is 0.289 e. The number of benzene rings is 1. The average molecular weight is 376 g/mol. The van der Waals surface area contributed by atoms with Crippen molar-refractivity contribution in [1.82, 2.24) is 15.1 Å². The van der Waals surface area contributed by atoms with Gasteiger partial charge in [0.1, 0.15) is 5.58 Å². The molecule has 1 atom stereocenters. The van der Waals surface area contributed by atoms with E-state index in [0.717, 1.165) is 30.3 Å². The minimum atomic E-state index is -0.109. The zero-order valence-corrected chi connectivity index (χ0v) is 15.5. The van der Waals surface area contributed by atoms with Crippen molar-refractivity contribution in [3.63, 3.8) is 0 Å². The predicted molar refractivity (Wildman–Crippen MR) is 99.5 cm³/mol. The fraction of sp³-hybridized carbons (Fsp3) is 0.474. The predicted octanol–water partition coefficient (Wildman–Crippen LogP) is 2.43. The molecule has 6 nitrogen and oxygen atoms in total. The van der Waals surface area contributed by atoms with Crippen molar-refractivity contribution in [2.45, 2.75) is 25.8 Å². The Kier molecular flexibility index (Phi) is 4.63. The smallest absolute Gasteiger partial charge is 0.289 e. The third kappa shape index (κ3) is 3.08. The van der Waals surface area contributed by atoms with Crippen LogP contribution in [0, 0.1) is 6.92 Å². The molecule has 0 radical (unpaired) electrons. The Bertz CT molecular complexity index is 863. The number of aryl methyl sites for hydroxylation is 1. The lowest BCUT2D eigenvalue weighted by Crippen LogP contribution is -2.57. The van der Waals surface area contributed by atoms with Crippen molar-refractivity contribution in [1.29, 1.82) is 0 Å². The SMILES string of the molecule is Cc1c(C(=O)N2CCCC(N3CCNCC3=O)C2)oc2ccc(Cl)cc12. The standard InChI is InChI=1S/C19H22ClN3O3/c1-12-15-9-13(20)4-5-16(15)26-18(12)19(25)22-7-2-3-14(11-22)23-8-6-21-10-17(23)24/h4-5,9,14,21H,2-3,6-8,10-11H2,1H3. The van der Waals surface area contributed by atoms with E-state index in [4.69, 9.17) is 16.0 Å². The number of rotatable bonds is 2. The van der Waals surface area contributed by atoms with Crippen molar-refractivity contribution in [2.75, 3.05) is 32.7 Å². The van der Waals surface area contributed by atoms with Gasteiger partial charge in [-0.25, -0.2) is 0 Å². The van der Waals surface area contributed by atoms with Gasteiger partial charge in [-0.05, 0) is 38.0 Å². The molecule has 1 aromatic carbocycles. The van der Waals surface area contributed by atoms with Crippen molar-refractivity contribution >= 4 is 34.4 Å². The summed E-state index contributed by atoms with van der Waals surface area (Å²) in [5.41, 5.74) is 1.48. The van der Waals surface area contributed by atoms with Crippen LogP contribution in [0.25, 0.3) is 11.0 Å². The van der Waals surface area contributed by atoms with Gasteiger partial charge in [-0.1, -0.05) is 11.6 Å². The first kappa shape index (κ1) is 17.4. The third-order valence-corrected chi connectivity index (χ3v) is 5.58. The van der Waals surface area contributed by atoms with E-state index in [1.165, 1.54) is 0 Å². The Morgan fingerprint density at radius 3 is 3.00 bits per heavy atom. The quantitative estimate of drug-likeness (QED) is 0.875. The topological polar surface area (TPSA) is 65.8 Å². The van der Waals surface area contributed by atoms with Crippen LogP contribution in [0.4, 0.5) is 0 Å². The number of nitrogens with zero attached hydrogens (tertiary/aromatic N) is 2. The zero-order chi connectivity index (χ0) is 18.3. The molecule has 0 bridgehead atoms. The Balaban J connectivity index is 1.56. The van der Waals surface area contributed by atoms with Crippen LogP contribution in [0.3, 0.4) is 0 Å². The van der Waals surface area contributed by atoms with Crippen LogP contribution < -0.4 is 5.32 Å². The molecular weight excluding hydrogens is 354 g/mol. The summed E-state index contributed by atoms with van der Waals surface area (Å²) in [6, 6.07) is 5.46. The Morgan fingerprint density at radius 2 is 2.19 bits per heavy atom. The highest BCUT2D eigenvalue weighted by atomic mass is 35.5. The molecule has 2 aliphatic rings. The van der Waals surface area contributed by atoms with Crippen molar-refractivity contribution < 1.29 is 14.0 Å². The highest BCUT2D eigenvalue weighted by Gasteiger charge is 2.33. The highest BCUT2D eigenvalue weighted by molar-refractivity contribution is 6.31. The molecule has 3 heterocycles. The largest absolute Gasteiger partial charge is 0.451 e. The number of likely N-dealkylation sites (tertiary alicyclic amines) is 1. The lowest BCUT2D eigenvalue weighted by Gasteiger charge is -2.40. The molecule has 0 saturated carbocycles. The van der Waals surface area contributed by atoms with Gasteiger partial charge in [0.25, 0.3) is 5.91 Å². The van der Waals surface area contributed by atoms with Crippen molar-refractivity contribution in [2.24, 2.45) is 0 Å². The second-order valence-corrected chi connectivity index (χ2v) is 7.44. The van der Waals surface area contributed by atoms with E-state index in [1.807, 2.05) is 22.8 Å². The van der Waals surface area contributed by atoms with Crippen LogP contribution in [-0.2, 0) is 4.79 Å². The van der Waals surface area contributed by atoms with Crippen LogP contribution in [0.5, 0.6) is 0 Å². The normalized spacial score (nSPS) is 21.5. The van der Waals surface area contributed by atoms with Gasteiger partial charge >= 0.3 is 0 Å². The molecule has 1 N–H and O–H groups in total. The fourth-order valence-corrected chi connectivity index (χ4v) is 4.11. The monoisotopic (exact) mass is 375 g/mol. The molecule has 1 unspecified atom stereocenters. The fourth-order valence-electron chi connectivity index (χ4n) is 3.94. The second-order valence-electron chi connectivity index (χ2n) is 7.01. The van der Waals surface area contributed by atoms with Crippen LogP contribution in [0.1, 0.15) is 29.0 Å². The Morgan fingerprint density at radius 1 is 1.35 bits per heavy atom. The van der Waals surface area contributed by atoms with Gasteiger partial charge in [-0.15, -0.1) is 0 Å². The summed E-state index contributed by atoms with van der Waals surface area (Å²) >= 11 is 6.07. The van der Waals surface area contributed by atoms with Gasteiger partial charge in [0.15, 0.2) is 5.76 Å².